The molecule has 0 aromatic heterocycles. The lowest BCUT2D eigenvalue weighted by molar-refractivity contribution is -0.137. The minimum absolute atomic E-state index is 0.0366. The average Bonchev–Trinajstić information content (AvgIpc) is 2.92. The van der Waals surface area contributed by atoms with Gasteiger partial charge in [0.1, 0.15) is 0 Å². The van der Waals surface area contributed by atoms with Gasteiger partial charge in [0.05, 0.1) is 11.6 Å². The number of alkyl halides is 3. The molecule has 0 spiro atoms. The molecule has 1 fully saturated rings. The number of nitrogens with zero attached hydrogens (tertiary/aromatic N) is 1. The first kappa shape index (κ1) is 20.8. The van der Waals surface area contributed by atoms with Crippen LogP contribution in [0.5, 0.6) is 0 Å². The molecule has 158 valence electrons. The lowest BCUT2D eigenvalue weighted by Gasteiger charge is -2.36. The van der Waals surface area contributed by atoms with Crippen molar-refractivity contribution in [3.05, 3.63) is 64.7 Å². The van der Waals surface area contributed by atoms with Crippen molar-refractivity contribution in [2.75, 3.05) is 23.4 Å². The summed E-state index contributed by atoms with van der Waals surface area (Å²) in [5, 5.41) is 2.85. The molecule has 2 heterocycles. The molecule has 2 amide bonds. The number of hydrogen-bond acceptors (Lipinski definition) is 3. The zero-order valence-corrected chi connectivity index (χ0v) is 17.0. The summed E-state index contributed by atoms with van der Waals surface area (Å²) in [6, 6.07) is 10.0. The second-order valence-corrected chi connectivity index (χ2v) is 8.64. The monoisotopic (exact) mass is 434 g/mol. The third-order valence-electron chi connectivity index (χ3n) is 5.46. The zero-order chi connectivity index (χ0) is 21.3. The quantitative estimate of drug-likeness (QED) is 0.731. The zero-order valence-electron chi connectivity index (χ0n) is 16.2. The van der Waals surface area contributed by atoms with E-state index in [1.54, 1.807) is 40.9 Å². The van der Waals surface area contributed by atoms with Crippen molar-refractivity contribution in [3.8, 4) is 0 Å². The Morgan fingerprint density at radius 2 is 1.97 bits per heavy atom. The highest BCUT2D eigenvalue weighted by molar-refractivity contribution is 7.99. The normalized spacial score (nSPS) is 19.6. The molecule has 1 saturated heterocycles. The molecule has 0 saturated carbocycles. The van der Waals surface area contributed by atoms with Crippen LogP contribution in [-0.4, -0.2) is 34.8 Å². The Hall–Kier alpha value is -2.48. The van der Waals surface area contributed by atoms with Crippen molar-refractivity contribution in [2.24, 2.45) is 0 Å². The number of rotatable bonds is 2. The summed E-state index contributed by atoms with van der Waals surface area (Å²) >= 11 is 1.63. The van der Waals surface area contributed by atoms with Gasteiger partial charge in [0.25, 0.3) is 5.91 Å². The lowest BCUT2D eigenvalue weighted by Crippen LogP contribution is -2.40. The molecule has 30 heavy (non-hydrogen) atoms. The summed E-state index contributed by atoms with van der Waals surface area (Å²) in [6.45, 7) is 0.470. The fourth-order valence-corrected chi connectivity index (χ4v) is 5.01. The van der Waals surface area contributed by atoms with E-state index in [1.165, 1.54) is 6.07 Å². The number of nitrogens with one attached hydrogen (secondary N) is 1. The molecule has 0 bridgehead atoms. The molecule has 1 N–H and O–H groups in total. The van der Waals surface area contributed by atoms with Crippen LogP contribution in [0.2, 0.25) is 0 Å². The van der Waals surface area contributed by atoms with Crippen molar-refractivity contribution >= 4 is 29.3 Å². The lowest BCUT2D eigenvalue weighted by atomic mass is 10.0. The van der Waals surface area contributed by atoms with Crippen LogP contribution in [0.1, 0.15) is 45.9 Å². The number of benzene rings is 2. The van der Waals surface area contributed by atoms with Gasteiger partial charge in [-0.1, -0.05) is 12.1 Å². The number of hydrogen-bond donors (Lipinski definition) is 1. The Morgan fingerprint density at radius 1 is 1.13 bits per heavy atom. The molecular formula is C22H21F3N2O2S. The van der Waals surface area contributed by atoms with Crippen LogP contribution in [0, 0.1) is 0 Å². The number of amides is 2. The topological polar surface area (TPSA) is 49.4 Å². The Balaban J connectivity index is 1.63. The molecule has 1 unspecified atom stereocenters. The van der Waals surface area contributed by atoms with E-state index in [2.05, 4.69) is 5.32 Å². The van der Waals surface area contributed by atoms with Crippen LogP contribution in [0.3, 0.4) is 0 Å². The first-order chi connectivity index (χ1) is 14.3. The Morgan fingerprint density at radius 3 is 2.77 bits per heavy atom. The van der Waals surface area contributed by atoms with E-state index >= 15 is 0 Å². The SMILES string of the molecule is O=C1CCCc2cc(C(=O)N3CCSCC3c3cccc(C(F)(F)F)c3)ccc2N1. The van der Waals surface area contributed by atoms with Crippen LogP contribution >= 0.6 is 11.8 Å². The third kappa shape index (κ3) is 4.33. The van der Waals surface area contributed by atoms with Gasteiger partial charge in [-0.2, -0.15) is 24.9 Å². The van der Waals surface area contributed by atoms with Crippen molar-refractivity contribution in [2.45, 2.75) is 31.5 Å². The van der Waals surface area contributed by atoms with Crippen LogP contribution in [0.15, 0.2) is 42.5 Å². The molecule has 1 atom stereocenters. The van der Waals surface area contributed by atoms with Gasteiger partial charge in [-0.3, -0.25) is 9.59 Å². The number of fused-ring (bicyclic) bond motifs is 1. The molecule has 4 rings (SSSR count). The van der Waals surface area contributed by atoms with Crippen molar-refractivity contribution < 1.29 is 22.8 Å². The Labute approximate surface area is 176 Å². The number of carbonyl (C=O) groups excluding carboxylic acids is 2. The number of halogens is 3. The molecule has 2 aliphatic heterocycles. The van der Waals surface area contributed by atoms with Crippen molar-refractivity contribution in [1.29, 1.82) is 0 Å². The molecule has 8 heteroatoms. The Bertz CT molecular complexity index is 977. The number of anilines is 1. The molecule has 0 aliphatic carbocycles. The maximum Gasteiger partial charge on any atom is 0.416 e. The summed E-state index contributed by atoms with van der Waals surface area (Å²) in [6.07, 6.45) is -2.57. The minimum Gasteiger partial charge on any atom is -0.330 e. The minimum atomic E-state index is -4.42. The summed E-state index contributed by atoms with van der Waals surface area (Å²) in [5.74, 6) is 1.05. The molecule has 4 nitrogen and oxygen atoms in total. The summed E-state index contributed by atoms with van der Waals surface area (Å²) in [4.78, 5) is 26.7. The van der Waals surface area contributed by atoms with Gasteiger partial charge in [-0.15, -0.1) is 0 Å². The van der Waals surface area contributed by atoms with Crippen LogP contribution in [-0.2, 0) is 17.4 Å². The van der Waals surface area contributed by atoms with E-state index < -0.39 is 17.8 Å². The second kappa shape index (κ2) is 8.34. The molecule has 0 radical (unpaired) electrons. The van der Waals surface area contributed by atoms with E-state index in [1.807, 2.05) is 0 Å². The van der Waals surface area contributed by atoms with Gasteiger partial charge in [-0.25, -0.2) is 0 Å². The van der Waals surface area contributed by atoms with Gasteiger partial charge in [-0.05, 0) is 54.3 Å². The van der Waals surface area contributed by atoms with E-state index in [-0.39, 0.29) is 11.8 Å². The Kier molecular flexibility index (Phi) is 5.77. The highest BCUT2D eigenvalue weighted by atomic mass is 32.2. The third-order valence-corrected chi connectivity index (χ3v) is 6.49. The number of thioether (sulfide) groups is 1. The summed E-state index contributed by atoms with van der Waals surface area (Å²) in [7, 11) is 0. The maximum atomic E-state index is 13.3. The van der Waals surface area contributed by atoms with Gasteiger partial charge in [0.2, 0.25) is 5.91 Å². The van der Waals surface area contributed by atoms with E-state index in [0.29, 0.717) is 42.7 Å². The predicted molar refractivity (Wildman–Crippen MR) is 111 cm³/mol. The van der Waals surface area contributed by atoms with Gasteiger partial charge in [0.15, 0.2) is 0 Å². The first-order valence-corrected chi connectivity index (χ1v) is 11.0. The van der Waals surface area contributed by atoms with E-state index in [9.17, 15) is 22.8 Å². The first-order valence-electron chi connectivity index (χ1n) is 9.81. The van der Waals surface area contributed by atoms with Crippen LogP contribution in [0.4, 0.5) is 18.9 Å². The molecule has 2 aromatic carbocycles. The van der Waals surface area contributed by atoms with Gasteiger partial charge < -0.3 is 10.2 Å². The smallest absolute Gasteiger partial charge is 0.330 e. The van der Waals surface area contributed by atoms with E-state index in [0.717, 1.165) is 29.1 Å². The fourth-order valence-electron chi connectivity index (χ4n) is 3.92. The standard InChI is InChI=1S/C22H21F3N2O2S/c23-22(24,25)17-5-1-4-15(12-17)19-13-30-10-9-27(19)21(29)16-7-8-18-14(11-16)3-2-6-20(28)26-18/h1,4-5,7-8,11-12,19H,2-3,6,9-10,13H2,(H,26,28). The largest absolute Gasteiger partial charge is 0.416 e. The molecule has 2 aliphatic rings. The number of aryl methyl sites for hydroxylation is 1. The molecule has 2 aromatic rings. The summed E-state index contributed by atoms with van der Waals surface area (Å²) < 4.78 is 39.5. The van der Waals surface area contributed by atoms with Crippen molar-refractivity contribution in [3.63, 3.8) is 0 Å². The fraction of sp³-hybridized carbons (Fsp3) is 0.364. The molecular weight excluding hydrogens is 413 g/mol. The van der Waals surface area contributed by atoms with Crippen LogP contribution < -0.4 is 5.32 Å². The van der Waals surface area contributed by atoms with Crippen LogP contribution in [0.25, 0.3) is 0 Å². The van der Waals surface area contributed by atoms with Gasteiger partial charge >= 0.3 is 6.18 Å². The highest BCUT2D eigenvalue weighted by Crippen LogP contribution is 2.35. The highest BCUT2D eigenvalue weighted by Gasteiger charge is 2.34. The summed E-state index contributed by atoms with van der Waals surface area (Å²) in [5.41, 5.74) is 1.91. The number of carbonyl (C=O) groups is 2. The van der Waals surface area contributed by atoms with E-state index in [4.69, 9.17) is 0 Å². The van der Waals surface area contributed by atoms with Gasteiger partial charge in [0, 0.05) is 35.7 Å². The van der Waals surface area contributed by atoms with Crippen molar-refractivity contribution in [1.82, 2.24) is 4.90 Å². The second-order valence-electron chi connectivity index (χ2n) is 7.49. The maximum absolute atomic E-state index is 13.3. The predicted octanol–water partition coefficient (Wildman–Crippen LogP) is 4.91. The average molecular weight is 434 g/mol.